The maximum absolute atomic E-state index is 12.5. The van der Waals surface area contributed by atoms with E-state index in [0.717, 1.165) is 12.0 Å². The summed E-state index contributed by atoms with van der Waals surface area (Å²) in [6, 6.07) is 6.73. The Labute approximate surface area is 122 Å². The molecule has 0 radical (unpaired) electrons. The van der Waals surface area contributed by atoms with Crippen molar-refractivity contribution in [3.8, 4) is 0 Å². The van der Waals surface area contributed by atoms with Crippen LogP contribution in [0.5, 0.6) is 0 Å². The third kappa shape index (κ3) is 2.58. The molecule has 2 N–H and O–H groups in total. The number of carbonyl (C=O) groups excluding carboxylic acids is 1. The predicted molar refractivity (Wildman–Crippen MR) is 74.7 cm³/mol. The van der Waals surface area contributed by atoms with Crippen molar-refractivity contribution in [3.05, 3.63) is 35.4 Å². The van der Waals surface area contributed by atoms with Crippen LogP contribution in [0.4, 0.5) is 4.79 Å². The second kappa shape index (κ2) is 5.37. The van der Waals surface area contributed by atoms with E-state index in [1.54, 1.807) is 4.90 Å². The number of urea groups is 1. The van der Waals surface area contributed by atoms with Gasteiger partial charge < -0.3 is 20.0 Å². The Morgan fingerprint density at radius 2 is 1.90 bits per heavy atom. The summed E-state index contributed by atoms with van der Waals surface area (Å²) >= 11 is 0. The molecule has 1 saturated heterocycles. The number of rotatable bonds is 1. The van der Waals surface area contributed by atoms with Crippen molar-refractivity contribution in [2.24, 2.45) is 0 Å². The van der Waals surface area contributed by atoms with Crippen molar-refractivity contribution in [2.45, 2.75) is 31.5 Å². The van der Waals surface area contributed by atoms with Gasteiger partial charge >= 0.3 is 12.0 Å². The highest BCUT2D eigenvalue weighted by atomic mass is 16.4. The Hall–Kier alpha value is -2.08. The van der Waals surface area contributed by atoms with Gasteiger partial charge in [0.05, 0.1) is 6.10 Å². The minimum atomic E-state index is -1.06. The van der Waals surface area contributed by atoms with Crippen LogP contribution in [0.25, 0.3) is 0 Å². The highest BCUT2D eigenvalue weighted by Gasteiger charge is 2.41. The van der Waals surface area contributed by atoms with E-state index < -0.39 is 18.1 Å². The van der Waals surface area contributed by atoms with Crippen LogP contribution in [0.3, 0.4) is 0 Å². The molecule has 2 aliphatic heterocycles. The van der Waals surface area contributed by atoms with Crippen molar-refractivity contribution in [1.82, 2.24) is 9.80 Å². The van der Waals surface area contributed by atoms with E-state index in [0.29, 0.717) is 13.1 Å². The minimum Gasteiger partial charge on any atom is -0.480 e. The molecule has 1 fully saturated rings. The molecular weight excluding hydrogens is 272 g/mol. The number of aliphatic carboxylic acids is 1. The standard InChI is InChI=1S/C15H18N2O4/c18-12-7-13(14(19)20)17(9-12)15(21)16-6-5-10-3-1-2-4-11(10)8-16/h1-4,12-13,18H,5-9H2,(H,19,20)/t12?,13-/m0/s1. The van der Waals surface area contributed by atoms with Gasteiger partial charge in [0.25, 0.3) is 0 Å². The summed E-state index contributed by atoms with van der Waals surface area (Å²) in [5, 5.41) is 18.8. The fraction of sp³-hybridized carbons (Fsp3) is 0.467. The summed E-state index contributed by atoms with van der Waals surface area (Å²) in [7, 11) is 0. The normalized spacial score (nSPS) is 24.8. The van der Waals surface area contributed by atoms with Crippen molar-refractivity contribution in [3.63, 3.8) is 0 Å². The van der Waals surface area contributed by atoms with E-state index >= 15 is 0 Å². The largest absolute Gasteiger partial charge is 0.480 e. The zero-order valence-corrected chi connectivity index (χ0v) is 11.6. The SMILES string of the molecule is O=C(O)[C@@H]1CC(O)CN1C(=O)N1CCc2ccccc2C1. The number of β-amino-alcohol motifs (C(OH)–C–C–N with tert-alkyl or cyclic N) is 1. The molecule has 6 heteroatoms. The number of benzene rings is 1. The number of likely N-dealkylation sites (tertiary alicyclic amines) is 1. The zero-order chi connectivity index (χ0) is 15.0. The lowest BCUT2D eigenvalue weighted by atomic mass is 10.0. The summed E-state index contributed by atoms with van der Waals surface area (Å²) in [6.07, 6.45) is 0.119. The number of hydrogen-bond acceptors (Lipinski definition) is 3. The molecule has 0 saturated carbocycles. The smallest absolute Gasteiger partial charge is 0.326 e. The average Bonchev–Trinajstić information content (AvgIpc) is 2.88. The van der Waals surface area contributed by atoms with E-state index in [-0.39, 0.29) is 19.0 Å². The Balaban J connectivity index is 1.76. The summed E-state index contributed by atoms with van der Waals surface area (Å²) in [5.74, 6) is -1.06. The Morgan fingerprint density at radius 1 is 1.19 bits per heavy atom. The van der Waals surface area contributed by atoms with Gasteiger partial charge in [0.2, 0.25) is 0 Å². The van der Waals surface area contributed by atoms with Crippen LogP contribution >= 0.6 is 0 Å². The van der Waals surface area contributed by atoms with Crippen LogP contribution < -0.4 is 0 Å². The molecule has 1 aromatic rings. The summed E-state index contributed by atoms with van der Waals surface area (Å²) in [6.45, 7) is 1.16. The van der Waals surface area contributed by atoms with Crippen molar-refractivity contribution in [2.75, 3.05) is 13.1 Å². The number of aliphatic hydroxyl groups is 1. The number of carboxylic acids is 1. The van der Waals surface area contributed by atoms with Gasteiger partial charge in [-0.3, -0.25) is 0 Å². The van der Waals surface area contributed by atoms with E-state index in [9.17, 15) is 19.8 Å². The molecule has 0 bridgehead atoms. The number of fused-ring (bicyclic) bond motifs is 1. The molecule has 21 heavy (non-hydrogen) atoms. The van der Waals surface area contributed by atoms with E-state index in [4.69, 9.17) is 0 Å². The number of aliphatic hydroxyl groups excluding tert-OH is 1. The first-order valence-corrected chi connectivity index (χ1v) is 7.09. The van der Waals surface area contributed by atoms with Crippen molar-refractivity contribution < 1.29 is 19.8 Å². The first-order valence-electron chi connectivity index (χ1n) is 7.09. The van der Waals surface area contributed by atoms with Crippen LogP contribution in [0.1, 0.15) is 17.5 Å². The molecular formula is C15H18N2O4. The molecule has 2 amide bonds. The maximum Gasteiger partial charge on any atom is 0.326 e. The quantitative estimate of drug-likeness (QED) is 0.797. The fourth-order valence-corrected chi connectivity index (χ4v) is 3.10. The average molecular weight is 290 g/mol. The van der Waals surface area contributed by atoms with Gasteiger partial charge in [0, 0.05) is 26.1 Å². The third-order valence-electron chi connectivity index (χ3n) is 4.21. The summed E-state index contributed by atoms with van der Waals surface area (Å²) < 4.78 is 0. The third-order valence-corrected chi connectivity index (χ3v) is 4.21. The number of carboxylic acid groups (broad SMARTS) is 1. The van der Waals surface area contributed by atoms with Crippen LogP contribution in [-0.2, 0) is 17.8 Å². The number of hydrogen-bond donors (Lipinski definition) is 2. The number of carbonyl (C=O) groups is 2. The molecule has 112 valence electrons. The highest BCUT2D eigenvalue weighted by Crippen LogP contribution is 2.24. The summed E-state index contributed by atoms with van der Waals surface area (Å²) in [5.41, 5.74) is 2.33. The summed E-state index contributed by atoms with van der Waals surface area (Å²) in [4.78, 5) is 26.7. The van der Waals surface area contributed by atoms with E-state index in [1.165, 1.54) is 10.5 Å². The van der Waals surface area contributed by atoms with Gasteiger partial charge in [-0.15, -0.1) is 0 Å². The van der Waals surface area contributed by atoms with Crippen molar-refractivity contribution in [1.29, 1.82) is 0 Å². The van der Waals surface area contributed by atoms with Gasteiger partial charge in [0.15, 0.2) is 0 Å². The molecule has 0 aliphatic carbocycles. The van der Waals surface area contributed by atoms with Crippen LogP contribution in [0, 0.1) is 0 Å². The van der Waals surface area contributed by atoms with Gasteiger partial charge in [-0.25, -0.2) is 9.59 Å². The molecule has 2 atom stereocenters. The highest BCUT2D eigenvalue weighted by molar-refractivity contribution is 5.83. The maximum atomic E-state index is 12.5. The number of nitrogens with zero attached hydrogens (tertiary/aromatic N) is 2. The molecule has 6 nitrogen and oxygen atoms in total. The zero-order valence-electron chi connectivity index (χ0n) is 11.6. The Morgan fingerprint density at radius 3 is 2.62 bits per heavy atom. The first-order chi connectivity index (χ1) is 10.1. The Bertz CT molecular complexity index is 575. The van der Waals surface area contributed by atoms with Crippen LogP contribution in [0.2, 0.25) is 0 Å². The number of amides is 2. The predicted octanol–water partition coefficient (Wildman–Crippen LogP) is 0.684. The molecule has 0 spiro atoms. The van der Waals surface area contributed by atoms with Gasteiger partial charge in [-0.05, 0) is 17.5 Å². The molecule has 1 aromatic carbocycles. The molecule has 0 aromatic heterocycles. The first kappa shape index (κ1) is 13.9. The van der Waals surface area contributed by atoms with Crippen molar-refractivity contribution >= 4 is 12.0 Å². The van der Waals surface area contributed by atoms with E-state index in [1.807, 2.05) is 18.2 Å². The Kier molecular flexibility index (Phi) is 3.55. The van der Waals surface area contributed by atoms with Crippen LogP contribution in [0.15, 0.2) is 24.3 Å². The lowest BCUT2D eigenvalue weighted by Gasteiger charge is -2.33. The molecule has 2 heterocycles. The molecule has 3 rings (SSSR count). The van der Waals surface area contributed by atoms with Gasteiger partial charge in [-0.1, -0.05) is 24.3 Å². The minimum absolute atomic E-state index is 0.0912. The van der Waals surface area contributed by atoms with E-state index in [2.05, 4.69) is 6.07 Å². The second-order valence-electron chi connectivity index (χ2n) is 5.62. The van der Waals surface area contributed by atoms with Gasteiger partial charge in [0.1, 0.15) is 6.04 Å². The monoisotopic (exact) mass is 290 g/mol. The van der Waals surface area contributed by atoms with Crippen LogP contribution in [-0.4, -0.2) is 57.2 Å². The lowest BCUT2D eigenvalue weighted by Crippen LogP contribution is -2.49. The molecule has 1 unspecified atom stereocenters. The lowest BCUT2D eigenvalue weighted by molar-refractivity contribution is -0.141. The topological polar surface area (TPSA) is 81.1 Å². The van der Waals surface area contributed by atoms with Gasteiger partial charge in [-0.2, -0.15) is 0 Å². The fourth-order valence-electron chi connectivity index (χ4n) is 3.10. The second-order valence-corrected chi connectivity index (χ2v) is 5.62. The molecule has 2 aliphatic rings.